The first-order valence-electron chi connectivity index (χ1n) is 10.3. The molecule has 0 aliphatic rings. The van der Waals surface area contributed by atoms with Crippen molar-refractivity contribution in [3.05, 3.63) is 90.1 Å². The number of carbonyl (C=O) groups is 1. The molecule has 178 valence electrons. The minimum absolute atomic E-state index is 0.0582. The van der Waals surface area contributed by atoms with Crippen molar-refractivity contribution in [2.75, 3.05) is 11.1 Å². The average molecular weight is 495 g/mol. The smallest absolute Gasteiger partial charge is 0.284 e. The van der Waals surface area contributed by atoms with Gasteiger partial charge in [-0.3, -0.25) is 4.79 Å². The van der Waals surface area contributed by atoms with Gasteiger partial charge in [-0.05, 0) is 59.3 Å². The number of benzene rings is 3. The summed E-state index contributed by atoms with van der Waals surface area (Å²) in [5.41, 5.74) is 6.97. The van der Waals surface area contributed by atoms with Crippen LogP contribution in [0.5, 0.6) is 0 Å². The second-order valence-electron chi connectivity index (χ2n) is 7.55. The van der Waals surface area contributed by atoms with Gasteiger partial charge in [-0.15, -0.1) is 0 Å². The number of halogens is 2. The molecule has 5 N–H and O–H groups in total. The summed E-state index contributed by atoms with van der Waals surface area (Å²) in [7, 11) is 0. The molecule has 1 unspecified atom stereocenters. The quantitative estimate of drug-likeness (QED) is 0.260. The van der Waals surface area contributed by atoms with Crippen molar-refractivity contribution >= 4 is 44.8 Å². The van der Waals surface area contributed by atoms with Crippen LogP contribution in [0.1, 0.15) is 12.5 Å². The topological polar surface area (TPSA) is 120 Å². The van der Waals surface area contributed by atoms with Gasteiger partial charge in [0.15, 0.2) is 5.83 Å². The Morgan fingerprint density at radius 1 is 1.09 bits per heavy atom. The average Bonchev–Trinajstić information content (AvgIpc) is 2.88. The number of amides is 1. The first-order valence-corrected chi connectivity index (χ1v) is 11.4. The largest absolute Gasteiger partial charge is 0.383 e. The summed E-state index contributed by atoms with van der Waals surface area (Å²) in [6, 6.07) is 17.2. The van der Waals surface area contributed by atoms with Crippen molar-refractivity contribution in [2.45, 2.75) is 11.8 Å². The number of hydrogen-bond acceptors (Lipinski definition) is 6. The van der Waals surface area contributed by atoms with E-state index in [-0.39, 0.29) is 22.0 Å². The van der Waals surface area contributed by atoms with Crippen LogP contribution in [0.4, 0.5) is 20.3 Å². The summed E-state index contributed by atoms with van der Waals surface area (Å²) in [6.45, 7) is 1.44. The van der Waals surface area contributed by atoms with Crippen molar-refractivity contribution in [1.29, 1.82) is 0 Å². The summed E-state index contributed by atoms with van der Waals surface area (Å²) in [4.78, 5) is 16.8. The molecule has 1 aromatic heterocycles. The van der Waals surface area contributed by atoms with Crippen molar-refractivity contribution in [1.82, 2.24) is 4.98 Å². The van der Waals surface area contributed by atoms with Gasteiger partial charge in [0.2, 0.25) is 11.1 Å². The molecular weight excluding hydrogens is 474 g/mol. The van der Waals surface area contributed by atoms with Crippen molar-refractivity contribution in [3.8, 4) is 11.1 Å². The number of hydrogen-bond donors (Lipinski definition) is 3. The molecule has 4 aromatic rings. The van der Waals surface area contributed by atoms with Crippen LogP contribution in [-0.2, 0) is 20.2 Å². The van der Waals surface area contributed by atoms with Gasteiger partial charge < -0.3 is 11.1 Å². The third kappa shape index (κ3) is 4.94. The number of pyridine rings is 1. The number of anilines is 2. The van der Waals surface area contributed by atoms with Gasteiger partial charge in [-0.1, -0.05) is 36.4 Å². The minimum atomic E-state index is -1.95. The monoisotopic (exact) mass is 494 g/mol. The van der Waals surface area contributed by atoms with Gasteiger partial charge in [0.1, 0.15) is 11.6 Å². The highest BCUT2D eigenvalue weighted by Gasteiger charge is 2.18. The number of nitrogens with zero attached hydrogens (tertiary/aromatic N) is 1. The van der Waals surface area contributed by atoms with Crippen LogP contribution in [0.15, 0.2) is 83.6 Å². The molecule has 0 fully saturated rings. The molecule has 0 saturated carbocycles. The predicted octanol–water partition coefficient (Wildman–Crippen LogP) is 4.88. The molecule has 1 amide bonds. The number of allylic oxidation sites excluding steroid dienone is 1. The molecule has 0 saturated heterocycles. The number of nitrogen functional groups attached to an aromatic ring is 1. The first kappa shape index (κ1) is 24.1. The maximum atomic E-state index is 15.0. The Hall–Kier alpha value is -3.99. The van der Waals surface area contributed by atoms with E-state index in [9.17, 15) is 17.8 Å². The van der Waals surface area contributed by atoms with Crippen molar-refractivity contribution in [2.24, 2.45) is 5.90 Å². The van der Waals surface area contributed by atoms with Crippen molar-refractivity contribution < 1.29 is 22.1 Å². The van der Waals surface area contributed by atoms with E-state index in [0.29, 0.717) is 22.1 Å². The maximum Gasteiger partial charge on any atom is 0.284 e. The summed E-state index contributed by atoms with van der Waals surface area (Å²) >= 11 is -1.95. The molecule has 3 aromatic carbocycles. The van der Waals surface area contributed by atoms with Crippen LogP contribution >= 0.6 is 0 Å². The Morgan fingerprint density at radius 3 is 2.60 bits per heavy atom. The van der Waals surface area contributed by atoms with E-state index in [2.05, 4.69) is 14.6 Å². The van der Waals surface area contributed by atoms with Crippen LogP contribution in [-0.4, -0.2) is 15.1 Å². The second-order valence-corrected chi connectivity index (χ2v) is 8.65. The molecule has 7 nitrogen and oxygen atoms in total. The molecule has 1 atom stereocenters. The van der Waals surface area contributed by atoms with Crippen LogP contribution < -0.4 is 16.9 Å². The maximum absolute atomic E-state index is 15.0. The number of carbonyl (C=O) groups excluding carboxylic acids is 1. The highest BCUT2D eigenvalue weighted by molar-refractivity contribution is 7.80. The van der Waals surface area contributed by atoms with Crippen LogP contribution in [0.2, 0.25) is 0 Å². The Bertz CT molecular complexity index is 1510. The molecule has 0 aliphatic heterocycles. The predicted molar refractivity (Wildman–Crippen MR) is 132 cm³/mol. The lowest BCUT2D eigenvalue weighted by Gasteiger charge is -2.11. The van der Waals surface area contributed by atoms with Gasteiger partial charge in [0.05, 0.1) is 10.6 Å². The van der Waals surface area contributed by atoms with Crippen LogP contribution in [0.25, 0.3) is 27.5 Å². The molecule has 35 heavy (non-hydrogen) atoms. The van der Waals surface area contributed by atoms with E-state index >= 15 is 0 Å². The molecule has 10 heteroatoms. The number of fused-ring (bicyclic) bond motifs is 1. The minimum Gasteiger partial charge on any atom is -0.383 e. The van der Waals surface area contributed by atoms with Gasteiger partial charge in [0.25, 0.3) is 5.91 Å². The molecule has 0 spiro atoms. The van der Waals surface area contributed by atoms with Gasteiger partial charge in [-0.25, -0.2) is 18.0 Å². The van der Waals surface area contributed by atoms with Gasteiger partial charge in [-0.2, -0.15) is 10.2 Å². The van der Waals surface area contributed by atoms with E-state index in [0.717, 1.165) is 11.5 Å². The number of nitrogens with one attached hydrogen (secondary N) is 1. The Morgan fingerprint density at radius 2 is 1.86 bits per heavy atom. The van der Waals surface area contributed by atoms with E-state index in [1.165, 1.54) is 25.1 Å². The molecule has 1 heterocycles. The molecular formula is C25H20F2N4O3S. The van der Waals surface area contributed by atoms with Gasteiger partial charge in [0, 0.05) is 17.1 Å². The molecule has 4 rings (SSSR count). The normalized spacial score (nSPS) is 12.8. The fraction of sp³-hybridized carbons (Fsp3) is 0.0400. The molecule has 0 aliphatic carbocycles. The lowest BCUT2D eigenvalue weighted by Crippen LogP contribution is -2.14. The number of aromatic nitrogens is 1. The zero-order valence-electron chi connectivity index (χ0n) is 18.4. The molecule has 0 bridgehead atoms. The zero-order valence-corrected chi connectivity index (χ0v) is 19.2. The van der Waals surface area contributed by atoms with Crippen LogP contribution in [0.3, 0.4) is 0 Å². The Balaban J connectivity index is 1.60. The number of nitrogens with two attached hydrogens (primary N) is 2. The van der Waals surface area contributed by atoms with Crippen molar-refractivity contribution in [3.63, 3.8) is 0 Å². The summed E-state index contributed by atoms with van der Waals surface area (Å²) < 4.78 is 46.2. The lowest BCUT2D eigenvalue weighted by molar-refractivity contribution is -0.114. The van der Waals surface area contributed by atoms with E-state index in [1.807, 2.05) is 0 Å². The van der Waals surface area contributed by atoms with E-state index in [1.54, 1.807) is 48.7 Å². The standard InChI is InChI=1S/C25H20F2N4O3S/c1-14(16-7-6-15-10-11-30-24(28)19(15)12-16)23(27)25(32)31-21-9-8-17(13-20(21)26)18-4-2-3-5-22(18)35(33)34-29/h2-13H,29H2,1H3,(H2,28,30)(H,31,32)/b23-14+. The first-order chi connectivity index (χ1) is 16.8. The molecule has 0 radical (unpaired) electrons. The van der Waals surface area contributed by atoms with E-state index in [4.69, 9.17) is 11.6 Å². The van der Waals surface area contributed by atoms with Gasteiger partial charge >= 0.3 is 0 Å². The highest BCUT2D eigenvalue weighted by Crippen LogP contribution is 2.30. The third-order valence-corrected chi connectivity index (χ3v) is 6.33. The van der Waals surface area contributed by atoms with Crippen LogP contribution in [0, 0.1) is 5.82 Å². The summed E-state index contributed by atoms with van der Waals surface area (Å²) in [5.74, 6) is 2.32. The third-order valence-electron chi connectivity index (χ3n) is 5.44. The SMILES string of the molecule is C/C(=C(\F)C(=O)Nc1ccc(-c2ccccc2S(=O)ON)cc1F)c1ccc2ccnc(N)c2c1. The fourth-order valence-corrected chi connectivity index (χ4v) is 4.24. The summed E-state index contributed by atoms with van der Waals surface area (Å²) in [5, 5.41) is 3.70. The lowest BCUT2D eigenvalue weighted by atomic mass is 10.0. The fourth-order valence-electron chi connectivity index (χ4n) is 3.58. The Labute approximate surface area is 202 Å². The number of rotatable bonds is 6. The van der Waals surface area contributed by atoms with E-state index < -0.39 is 28.6 Å². The zero-order chi connectivity index (χ0) is 25.1. The Kier molecular flexibility index (Phi) is 6.97. The highest BCUT2D eigenvalue weighted by atomic mass is 32.2. The second kappa shape index (κ2) is 10.1. The summed E-state index contributed by atoms with van der Waals surface area (Å²) in [6.07, 6.45) is 1.57.